The second kappa shape index (κ2) is 3.31. The standard InChI is InChI=1S/C6H5Br3O3/c1-2-3(10)5(11)12-4(2)6(7,8)9/h4,10H,1H3/t4-/m1/s1. The molecule has 68 valence electrons. The van der Waals surface area contributed by atoms with E-state index < -0.39 is 14.2 Å². The van der Waals surface area contributed by atoms with E-state index in [0.29, 0.717) is 5.57 Å². The van der Waals surface area contributed by atoms with Gasteiger partial charge < -0.3 is 9.84 Å². The smallest absolute Gasteiger partial charge is 0.374 e. The summed E-state index contributed by atoms with van der Waals surface area (Å²) in [5.74, 6) is -1.01. The molecule has 0 aliphatic carbocycles. The molecule has 1 heterocycles. The first-order valence-electron chi connectivity index (χ1n) is 3.01. The third-order valence-corrected chi connectivity index (χ3v) is 2.73. The molecule has 1 rings (SSSR count). The molecule has 0 saturated carbocycles. The molecule has 0 aromatic rings. The van der Waals surface area contributed by atoms with E-state index in [1.807, 2.05) is 0 Å². The van der Waals surface area contributed by atoms with Gasteiger partial charge in [-0.2, -0.15) is 0 Å². The van der Waals surface area contributed by atoms with Crippen LogP contribution in [0.2, 0.25) is 0 Å². The number of alkyl halides is 3. The van der Waals surface area contributed by atoms with Crippen molar-refractivity contribution in [1.82, 2.24) is 0 Å². The maximum atomic E-state index is 10.8. The minimum atomic E-state index is -0.711. The zero-order valence-corrected chi connectivity index (χ0v) is 10.7. The molecule has 0 aromatic heterocycles. The molecule has 0 radical (unpaired) electrons. The highest BCUT2D eigenvalue weighted by Gasteiger charge is 2.43. The average Bonchev–Trinajstić information content (AvgIpc) is 2.15. The summed E-state index contributed by atoms with van der Waals surface area (Å²) in [5, 5.41) is 9.14. The largest absolute Gasteiger partial charge is 0.502 e. The van der Waals surface area contributed by atoms with Crippen molar-refractivity contribution < 1.29 is 14.6 Å². The lowest BCUT2D eigenvalue weighted by molar-refractivity contribution is -0.141. The van der Waals surface area contributed by atoms with Crippen LogP contribution in [0, 0.1) is 0 Å². The molecule has 12 heavy (non-hydrogen) atoms. The summed E-state index contributed by atoms with van der Waals surface area (Å²) in [6.45, 7) is 1.63. The first-order valence-corrected chi connectivity index (χ1v) is 5.39. The van der Waals surface area contributed by atoms with Crippen LogP contribution in [0.15, 0.2) is 11.3 Å². The number of hydrogen-bond acceptors (Lipinski definition) is 3. The van der Waals surface area contributed by atoms with E-state index in [0.717, 1.165) is 0 Å². The summed E-state index contributed by atoms with van der Waals surface area (Å²) in [6.07, 6.45) is -0.537. The number of cyclic esters (lactones) is 1. The summed E-state index contributed by atoms with van der Waals surface area (Å²) in [6, 6.07) is 0. The van der Waals surface area contributed by atoms with Crippen molar-refractivity contribution in [2.24, 2.45) is 0 Å². The fourth-order valence-electron chi connectivity index (χ4n) is 0.849. The minimum absolute atomic E-state index is 0.317. The van der Waals surface area contributed by atoms with Crippen LogP contribution >= 0.6 is 47.8 Å². The van der Waals surface area contributed by atoms with Crippen molar-refractivity contribution in [3.63, 3.8) is 0 Å². The molecule has 0 unspecified atom stereocenters. The zero-order valence-electron chi connectivity index (χ0n) is 5.97. The molecule has 6 heteroatoms. The molecule has 0 fully saturated rings. The van der Waals surface area contributed by atoms with Gasteiger partial charge in [-0.25, -0.2) is 4.79 Å². The van der Waals surface area contributed by atoms with Crippen molar-refractivity contribution >= 4 is 53.8 Å². The predicted octanol–water partition coefficient (Wildman–Crippen LogP) is 2.58. The number of aliphatic hydroxyl groups is 1. The van der Waals surface area contributed by atoms with Crippen LogP contribution in [-0.2, 0) is 9.53 Å². The Morgan fingerprint density at radius 2 is 2.00 bits per heavy atom. The van der Waals surface area contributed by atoms with Gasteiger partial charge in [0.1, 0.15) is 0 Å². The monoisotopic (exact) mass is 362 g/mol. The van der Waals surface area contributed by atoms with Gasteiger partial charge in [0.2, 0.25) is 5.76 Å². The van der Waals surface area contributed by atoms with E-state index in [-0.39, 0.29) is 5.76 Å². The molecule has 1 aliphatic rings. The second-order valence-corrected chi connectivity index (χ2v) is 9.30. The summed E-state index contributed by atoms with van der Waals surface area (Å²) < 4.78 is 4.14. The fraction of sp³-hybridized carbons (Fsp3) is 0.500. The van der Waals surface area contributed by atoms with Crippen LogP contribution in [0.3, 0.4) is 0 Å². The van der Waals surface area contributed by atoms with Gasteiger partial charge in [0, 0.05) is 5.57 Å². The highest BCUT2D eigenvalue weighted by Crippen LogP contribution is 2.44. The third kappa shape index (κ3) is 1.85. The number of rotatable bonds is 0. The van der Waals surface area contributed by atoms with Crippen molar-refractivity contribution in [3.05, 3.63) is 11.3 Å². The normalized spacial score (nSPS) is 24.7. The van der Waals surface area contributed by atoms with Crippen molar-refractivity contribution in [1.29, 1.82) is 0 Å². The lowest BCUT2D eigenvalue weighted by Gasteiger charge is -2.20. The van der Waals surface area contributed by atoms with Crippen molar-refractivity contribution in [2.45, 2.75) is 15.2 Å². The Bertz CT molecular complexity index is 253. The Labute approximate surface area is 94.5 Å². The average molecular weight is 365 g/mol. The Morgan fingerprint density at radius 1 is 1.50 bits per heavy atom. The van der Waals surface area contributed by atoms with Gasteiger partial charge in [-0.05, 0) is 6.92 Å². The number of ether oxygens (including phenoxy) is 1. The molecular formula is C6H5Br3O3. The van der Waals surface area contributed by atoms with Crippen LogP contribution in [0.4, 0.5) is 0 Å². The molecule has 1 atom stereocenters. The first kappa shape index (κ1) is 10.5. The van der Waals surface area contributed by atoms with Gasteiger partial charge in [-0.3, -0.25) is 0 Å². The number of hydrogen-bond donors (Lipinski definition) is 1. The zero-order chi connectivity index (χ0) is 9.52. The summed E-state index contributed by atoms with van der Waals surface area (Å²) in [4.78, 5) is 10.8. The lowest BCUT2D eigenvalue weighted by Crippen LogP contribution is -2.25. The van der Waals surface area contributed by atoms with Gasteiger partial charge >= 0.3 is 5.97 Å². The number of esters is 1. The van der Waals surface area contributed by atoms with E-state index in [1.54, 1.807) is 6.92 Å². The van der Waals surface area contributed by atoms with E-state index in [9.17, 15) is 4.79 Å². The molecule has 0 amide bonds. The Morgan fingerprint density at radius 3 is 2.17 bits per heavy atom. The first-order chi connectivity index (χ1) is 5.34. The quantitative estimate of drug-likeness (QED) is 0.531. The van der Waals surface area contributed by atoms with E-state index in [2.05, 4.69) is 47.8 Å². The predicted molar refractivity (Wildman–Crippen MR) is 54.7 cm³/mol. The third-order valence-electron chi connectivity index (χ3n) is 1.48. The van der Waals surface area contributed by atoms with E-state index >= 15 is 0 Å². The molecule has 3 nitrogen and oxygen atoms in total. The van der Waals surface area contributed by atoms with Crippen LogP contribution in [0.25, 0.3) is 0 Å². The van der Waals surface area contributed by atoms with E-state index in [4.69, 9.17) is 9.84 Å². The second-order valence-electron chi connectivity index (χ2n) is 2.36. The highest BCUT2D eigenvalue weighted by atomic mass is 80.0. The van der Waals surface area contributed by atoms with Crippen LogP contribution in [0.5, 0.6) is 0 Å². The summed E-state index contributed by atoms with van der Waals surface area (Å²) >= 11 is 9.63. The Hall–Kier alpha value is 0.450. The van der Waals surface area contributed by atoms with Crippen molar-refractivity contribution in [3.8, 4) is 0 Å². The molecule has 1 aliphatic heterocycles. The molecule has 0 spiro atoms. The van der Waals surface area contributed by atoms with Crippen LogP contribution in [0.1, 0.15) is 6.92 Å². The lowest BCUT2D eigenvalue weighted by atomic mass is 10.2. The maximum Gasteiger partial charge on any atom is 0.374 e. The summed E-state index contributed by atoms with van der Waals surface area (Å²) in [7, 11) is 0. The number of carbonyl (C=O) groups is 1. The van der Waals surface area contributed by atoms with Gasteiger partial charge in [0.25, 0.3) is 0 Å². The van der Waals surface area contributed by atoms with Crippen LogP contribution in [-0.4, -0.2) is 19.3 Å². The minimum Gasteiger partial charge on any atom is -0.502 e. The Balaban J connectivity index is 2.95. The molecule has 0 bridgehead atoms. The molecule has 0 saturated heterocycles. The van der Waals surface area contributed by atoms with E-state index in [1.165, 1.54) is 0 Å². The SMILES string of the molecule is CC1=C(O)C(=O)O[C@H]1C(Br)(Br)Br. The van der Waals surface area contributed by atoms with Gasteiger partial charge in [-0.1, -0.05) is 47.8 Å². The fourth-order valence-corrected chi connectivity index (χ4v) is 2.16. The van der Waals surface area contributed by atoms with Crippen molar-refractivity contribution in [2.75, 3.05) is 0 Å². The number of carbonyl (C=O) groups excluding carboxylic acids is 1. The van der Waals surface area contributed by atoms with Gasteiger partial charge in [0.05, 0.1) is 0 Å². The maximum absolute atomic E-state index is 10.8. The summed E-state index contributed by atoms with van der Waals surface area (Å²) in [5.41, 5.74) is 0.491. The highest BCUT2D eigenvalue weighted by molar-refractivity contribution is 9.39. The number of halogens is 3. The Kier molecular flexibility index (Phi) is 2.90. The molecular weight excluding hydrogens is 360 g/mol. The van der Waals surface area contributed by atoms with Gasteiger partial charge in [-0.15, -0.1) is 0 Å². The topological polar surface area (TPSA) is 46.5 Å². The number of aliphatic hydroxyl groups excluding tert-OH is 1. The van der Waals surface area contributed by atoms with Gasteiger partial charge in [0.15, 0.2) is 8.25 Å². The molecule has 0 aromatic carbocycles. The van der Waals surface area contributed by atoms with Crippen LogP contribution < -0.4 is 0 Å². The molecule has 1 N–H and O–H groups in total.